The summed E-state index contributed by atoms with van der Waals surface area (Å²) in [5, 5.41) is 2.69. The first-order valence-electron chi connectivity index (χ1n) is 9.72. The number of sulfonamides is 1. The molecule has 0 saturated carbocycles. The molecule has 1 saturated heterocycles. The molecule has 1 amide bonds. The molecule has 2 aromatic carbocycles. The van der Waals surface area contributed by atoms with Gasteiger partial charge in [0.2, 0.25) is 15.9 Å². The average Bonchev–Trinajstić information content (AvgIpc) is 2.73. The number of alkyl halides is 3. The van der Waals surface area contributed by atoms with Crippen molar-refractivity contribution in [1.82, 2.24) is 9.62 Å². The molecule has 0 aromatic heterocycles. The van der Waals surface area contributed by atoms with Crippen LogP contribution in [-0.4, -0.2) is 31.7 Å². The molecule has 5 nitrogen and oxygen atoms in total. The highest BCUT2D eigenvalue weighted by atomic mass is 32.2. The second-order valence-corrected chi connectivity index (χ2v) is 9.45. The second-order valence-electron chi connectivity index (χ2n) is 7.51. The summed E-state index contributed by atoms with van der Waals surface area (Å²) in [7, 11) is -3.89. The molecule has 0 aliphatic carbocycles. The Bertz CT molecular complexity index is 1040. The van der Waals surface area contributed by atoms with E-state index in [1.165, 1.54) is 28.6 Å². The van der Waals surface area contributed by atoms with Gasteiger partial charge in [0.1, 0.15) is 5.82 Å². The van der Waals surface area contributed by atoms with Gasteiger partial charge in [-0.3, -0.25) is 4.79 Å². The van der Waals surface area contributed by atoms with Gasteiger partial charge in [0, 0.05) is 13.1 Å². The number of benzene rings is 2. The van der Waals surface area contributed by atoms with Crippen molar-refractivity contribution in [3.63, 3.8) is 0 Å². The van der Waals surface area contributed by atoms with Gasteiger partial charge in [0.15, 0.2) is 0 Å². The Balaban J connectivity index is 1.69. The number of carbonyl (C=O) groups is 1. The van der Waals surface area contributed by atoms with E-state index in [1.54, 1.807) is 6.92 Å². The third-order valence-corrected chi connectivity index (χ3v) is 7.16. The Morgan fingerprint density at radius 3 is 2.48 bits per heavy atom. The molecule has 0 bridgehead atoms. The summed E-state index contributed by atoms with van der Waals surface area (Å²) < 4.78 is 78.7. The maximum absolute atomic E-state index is 13.1. The molecule has 10 heteroatoms. The lowest BCUT2D eigenvalue weighted by Gasteiger charge is -2.32. The lowest BCUT2D eigenvalue weighted by atomic mass is 9.97. The molecule has 1 aliphatic rings. The number of hydrogen-bond acceptors (Lipinski definition) is 3. The molecule has 0 radical (unpaired) electrons. The summed E-state index contributed by atoms with van der Waals surface area (Å²) in [6, 6.07) is 8.47. The van der Waals surface area contributed by atoms with E-state index in [0.29, 0.717) is 18.4 Å². The van der Waals surface area contributed by atoms with Gasteiger partial charge in [0.25, 0.3) is 0 Å². The number of nitrogens with one attached hydrogen (secondary N) is 1. The Morgan fingerprint density at radius 2 is 1.84 bits per heavy atom. The van der Waals surface area contributed by atoms with Crippen LogP contribution in [-0.2, 0) is 21.0 Å². The van der Waals surface area contributed by atoms with Gasteiger partial charge in [-0.25, -0.2) is 12.8 Å². The van der Waals surface area contributed by atoms with Gasteiger partial charge in [-0.1, -0.05) is 12.1 Å². The number of carbonyl (C=O) groups excluding carboxylic acids is 1. The minimum Gasteiger partial charge on any atom is -0.349 e. The molecule has 1 N–H and O–H groups in total. The third kappa shape index (κ3) is 5.43. The number of rotatable bonds is 5. The van der Waals surface area contributed by atoms with Crippen LogP contribution in [0.5, 0.6) is 0 Å². The van der Waals surface area contributed by atoms with E-state index in [0.717, 1.165) is 24.3 Å². The Kier molecular flexibility index (Phi) is 6.70. The van der Waals surface area contributed by atoms with E-state index >= 15 is 0 Å². The predicted octanol–water partition coefficient (Wildman–Crippen LogP) is 4.12. The average molecular weight is 458 g/mol. The first kappa shape index (κ1) is 23.2. The van der Waals surface area contributed by atoms with Crippen LogP contribution >= 0.6 is 0 Å². The van der Waals surface area contributed by atoms with Crippen molar-refractivity contribution in [1.29, 1.82) is 0 Å². The van der Waals surface area contributed by atoms with Gasteiger partial charge in [-0.05, 0) is 61.7 Å². The molecule has 168 valence electrons. The van der Waals surface area contributed by atoms with Crippen LogP contribution in [0, 0.1) is 11.7 Å². The highest BCUT2D eigenvalue weighted by Gasteiger charge is 2.34. The molecule has 2 atom stereocenters. The van der Waals surface area contributed by atoms with Gasteiger partial charge in [0.05, 0.1) is 22.4 Å². The fourth-order valence-corrected chi connectivity index (χ4v) is 5.05. The zero-order chi connectivity index (χ0) is 22.8. The summed E-state index contributed by atoms with van der Waals surface area (Å²) in [4.78, 5) is 12.7. The SMILES string of the molecule is C[C@@H](NC(=O)[C@@H]1CCCN(S(=O)(=O)c2ccc(F)cc2)C1)c1cccc(C(F)(F)F)c1. The summed E-state index contributed by atoms with van der Waals surface area (Å²) in [5.41, 5.74) is -0.505. The Labute approximate surface area is 178 Å². The van der Waals surface area contributed by atoms with E-state index < -0.39 is 45.4 Å². The summed E-state index contributed by atoms with van der Waals surface area (Å²) in [6.45, 7) is 1.75. The highest BCUT2D eigenvalue weighted by Crippen LogP contribution is 2.31. The number of piperidine rings is 1. The molecule has 31 heavy (non-hydrogen) atoms. The van der Waals surface area contributed by atoms with Crippen molar-refractivity contribution < 1.29 is 30.8 Å². The van der Waals surface area contributed by atoms with Crippen molar-refractivity contribution in [3.05, 3.63) is 65.5 Å². The summed E-state index contributed by atoms with van der Waals surface area (Å²) in [5.74, 6) is -1.63. The molecule has 3 rings (SSSR count). The molecule has 1 heterocycles. The largest absolute Gasteiger partial charge is 0.416 e. The van der Waals surface area contributed by atoms with Crippen LogP contribution in [0.15, 0.2) is 53.4 Å². The smallest absolute Gasteiger partial charge is 0.349 e. The fraction of sp³-hybridized carbons (Fsp3) is 0.381. The highest BCUT2D eigenvalue weighted by molar-refractivity contribution is 7.89. The van der Waals surface area contributed by atoms with Crippen LogP contribution in [0.25, 0.3) is 0 Å². The quantitative estimate of drug-likeness (QED) is 0.686. The zero-order valence-corrected chi connectivity index (χ0v) is 17.5. The Hall–Kier alpha value is -2.46. The lowest BCUT2D eigenvalue weighted by Crippen LogP contribution is -2.45. The minimum absolute atomic E-state index is 0.0547. The summed E-state index contributed by atoms with van der Waals surface area (Å²) >= 11 is 0. The molecule has 0 unspecified atom stereocenters. The van der Waals surface area contributed by atoms with Gasteiger partial charge in [-0.15, -0.1) is 0 Å². The van der Waals surface area contributed by atoms with Crippen LogP contribution < -0.4 is 5.32 Å². The summed E-state index contributed by atoms with van der Waals surface area (Å²) in [6.07, 6.45) is -3.58. The first-order valence-corrected chi connectivity index (χ1v) is 11.2. The van der Waals surface area contributed by atoms with Crippen molar-refractivity contribution in [2.45, 2.75) is 36.9 Å². The van der Waals surface area contributed by atoms with Crippen molar-refractivity contribution in [3.8, 4) is 0 Å². The zero-order valence-electron chi connectivity index (χ0n) is 16.7. The minimum atomic E-state index is -4.49. The number of nitrogens with zero attached hydrogens (tertiary/aromatic N) is 1. The van der Waals surface area contributed by atoms with Crippen molar-refractivity contribution in [2.75, 3.05) is 13.1 Å². The van der Waals surface area contributed by atoms with Crippen LogP contribution in [0.3, 0.4) is 0 Å². The maximum atomic E-state index is 13.1. The number of hydrogen-bond donors (Lipinski definition) is 1. The van der Waals surface area contributed by atoms with E-state index in [4.69, 9.17) is 0 Å². The maximum Gasteiger partial charge on any atom is 0.416 e. The standard InChI is InChI=1S/C21H22F4N2O3S/c1-14(15-4-2-6-17(12-15)21(23,24)25)26-20(28)16-5-3-11-27(13-16)31(29,30)19-9-7-18(22)8-10-19/h2,4,6-10,12,14,16H,3,5,11,13H2,1H3,(H,26,28)/t14-,16-/m1/s1. The monoisotopic (exact) mass is 458 g/mol. The predicted molar refractivity (Wildman–Crippen MR) is 106 cm³/mol. The van der Waals surface area contributed by atoms with Gasteiger partial charge < -0.3 is 5.32 Å². The fourth-order valence-electron chi connectivity index (χ4n) is 3.53. The Morgan fingerprint density at radius 1 is 1.16 bits per heavy atom. The first-order chi connectivity index (χ1) is 14.5. The van der Waals surface area contributed by atoms with E-state index in [2.05, 4.69) is 5.32 Å². The van der Waals surface area contributed by atoms with Crippen molar-refractivity contribution in [2.24, 2.45) is 5.92 Å². The van der Waals surface area contributed by atoms with Crippen LogP contribution in [0.1, 0.15) is 36.9 Å². The van der Waals surface area contributed by atoms with Crippen LogP contribution in [0.4, 0.5) is 17.6 Å². The van der Waals surface area contributed by atoms with E-state index in [1.807, 2.05) is 0 Å². The molecule has 2 aromatic rings. The number of halogens is 4. The van der Waals surface area contributed by atoms with Gasteiger partial charge in [-0.2, -0.15) is 17.5 Å². The molecule has 1 aliphatic heterocycles. The van der Waals surface area contributed by atoms with E-state index in [-0.39, 0.29) is 18.0 Å². The third-order valence-electron chi connectivity index (χ3n) is 5.28. The van der Waals surface area contributed by atoms with Crippen LogP contribution in [0.2, 0.25) is 0 Å². The van der Waals surface area contributed by atoms with Crippen molar-refractivity contribution >= 4 is 15.9 Å². The normalized spacial score (nSPS) is 19.1. The van der Waals surface area contributed by atoms with E-state index in [9.17, 15) is 30.8 Å². The van der Waals surface area contributed by atoms with Gasteiger partial charge >= 0.3 is 6.18 Å². The molecule has 0 spiro atoms. The lowest BCUT2D eigenvalue weighted by molar-refractivity contribution is -0.137. The molecule has 1 fully saturated rings. The topological polar surface area (TPSA) is 66.5 Å². The molecular weight excluding hydrogens is 436 g/mol. The number of amides is 1. The second kappa shape index (κ2) is 8.96. The molecular formula is C21H22F4N2O3S.